The van der Waals surface area contributed by atoms with Crippen LogP contribution in [-0.4, -0.2) is 26.2 Å². The number of anilines is 1. The van der Waals surface area contributed by atoms with Gasteiger partial charge in [0.25, 0.3) is 0 Å². The van der Waals surface area contributed by atoms with Crippen LogP contribution in [0.15, 0.2) is 12.1 Å². The Hall–Kier alpha value is -2.04. The lowest BCUT2D eigenvalue weighted by Gasteiger charge is -2.15. The van der Waals surface area contributed by atoms with Crippen molar-refractivity contribution >= 4 is 17.6 Å². The van der Waals surface area contributed by atoms with Gasteiger partial charge in [-0.1, -0.05) is 19.9 Å². The molecule has 98 valence electrons. The molecule has 5 heteroatoms. The third kappa shape index (κ3) is 2.45. The Labute approximate surface area is 106 Å². The van der Waals surface area contributed by atoms with Crippen LogP contribution in [-0.2, 0) is 9.47 Å². The van der Waals surface area contributed by atoms with Crippen molar-refractivity contribution in [1.82, 2.24) is 0 Å². The molecule has 0 aliphatic heterocycles. The number of rotatable bonds is 3. The molecule has 0 amide bonds. The molecular formula is C13H17NO4. The van der Waals surface area contributed by atoms with Crippen molar-refractivity contribution in [2.75, 3.05) is 20.0 Å². The molecule has 0 aromatic heterocycles. The van der Waals surface area contributed by atoms with Crippen LogP contribution in [0.4, 0.5) is 5.69 Å². The molecule has 0 spiro atoms. The van der Waals surface area contributed by atoms with E-state index in [0.717, 1.165) is 5.56 Å². The summed E-state index contributed by atoms with van der Waals surface area (Å²) in [5, 5.41) is 0. The van der Waals surface area contributed by atoms with Gasteiger partial charge < -0.3 is 15.2 Å². The van der Waals surface area contributed by atoms with E-state index >= 15 is 0 Å². The van der Waals surface area contributed by atoms with Gasteiger partial charge in [0.2, 0.25) is 0 Å². The molecule has 0 atom stereocenters. The van der Waals surface area contributed by atoms with Crippen LogP contribution in [0.3, 0.4) is 0 Å². The highest BCUT2D eigenvalue weighted by Gasteiger charge is 2.23. The highest BCUT2D eigenvalue weighted by Crippen LogP contribution is 2.28. The lowest BCUT2D eigenvalue weighted by atomic mass is 9.94. The van der Waals surface area contributed by atoms with E-state index in [4.69, 9.17) is 5.73 Å². The maximum absolute atomic E-state index is 11.7. The van der Waals surface area contributed by atoms with Crippen molar-refractivity contribution in [2.24, 2.45) is 0 Å². The van der Waals surface area contributed by atoms with E-state index in [-0.39, 0.29) is 22.7 Å². The fourth-order valence-electron chi connectivity index (χ4n) is 1.74. The first-order chi connectivity index (χ1) is 8.43. The summed E-state index contributed by atoms with van der Waals surface area (Å²) in [6.45, 7) is 3.90. The predicted molar refractivity (Wildman–Crippen MR) is 67.6 cm³/mol. The number of carbonyl (C=O) groups is 2. The molecule has 0 saturated carbocycles. The molecule has 0 heterocycles. The molecule has 0 aliphatic rings. The van der Waals surface area contributed by atoms with Gasteiger partial charge in [0.15, 0.2) is 0 Å². The Morgan fingerprint density at radius 3 is 2.11 bits per heavy atom. The molecule has 0 bridgehead atoms. The van der Waals surface area contributed by atoms with E-state index in [1.54, 1.807) is 6.07 Å². The Kier molecular flexibility index (Phi) is 4.31. The van der Waals surface area contributed by atoms with Crippen LogP contribution in [0.2, 0.25) is 0 Å². The highest BCUT2D eigenvalue weighted by molar-refractivity contribution is 6.07. The van der Waals surface area contributed by atoms with Crippen LogP contribution < -0.4 is 5.73 Å². The number of benzene rings is 1. The van der Waals surface area contributed by atoms with E-state index in [9.17, 15) is 9.59 Å². The SMILES string of the molecule is COC(=O)c1ccc(C(C)C)c(N)c1C(=O)OC. The molecule has 0 radical (unpaired) electrons. The fourth-order valence-corrected chi connectivity index (χ4v) is 1.74. The maximum atomic E-state index is 11.7. The van der Waals surface area contributed by atoms with E-state index in [2.05, 4.69) is 9.47 Å². The zero-order chi connectivity index (χ0) is 13.9. The number of nitrogen functional groups attached to an aromatic ring is 1. The zero-order valence-electron chi connectivity index (χ0n) is 10.9. The topological polar surface area (TPSA) is 78.6 Å². The maximum Gasteiger partial charge on any atom is 0.340 e. The Balaban J connectivity index is 3.51. The van der Waals surface area contributed by atoms with Crippen molar-refractivity contribution in [3.05, 3.63) is 28.8 Å². The number of hydrogen-bond acceptors (Lipinski definition) is 5. The summed E-state index contributed by atoms with van der Waals surface area (Å²) in [6, 6.07) is 3.25. The Bertz CT molecular complexity index is 480. The first-order valence-corrected chi connectivity index (χ1v) is 5.53. The van der Waals surface area contributed by atoms with Crippen LogP contribution in [0, 0.1) is 0 Å². The monoisotopic (exact) mass is 251 g/mol. The number of ether oxygens (including phenoxy) is 2. The molecule has 0 aliphatic carbocycles. The normalized spacial score (nSPS) is 10.3. The minimum atomic E-state index is -0.643. The summed E-state index contributed by atoms with van der Waals surface area (Å²) < 4.78 is 9.29. The van der Waals surface area contributed by atoms with Gasteiger partial charge in [-0.05, 0) is 17.5 Å². The summed E-state index contributed by atoms with van der Waals surface area (Å²) in [6.07, 6.45) is 0. The summed E-state index contributed by atoms with van der Waals surface area (Å²) in [5.74, 6) is -1.12. The van der Waals surface area contributed by atoms with E-state index < -0.39 is 11.9 Å². The van der Waals surface area contributed by atoms with Gasteiger partial charge in [0, 0.05) is 0 Å². The summed E-state index contributed by atoms with van der Waals surface area (Å²) in [4.78, 5) is 23.3. The molecule has 18 heavy (non-hydrogen) atoms. The number of methoxy groups -OCH3 is 2. The van der Waals surface area contributed by atoms with E-state index in [1.807, 2.05) is 13.8 Å². The van der Waals surface area contributed by atoms with Crippen molar-refractivity contribution in [3.8, 4) is 0 Å². The average molecular weight is 251 g/mol. The van der Waals surface area contributed by atoms with Crippen LogP contribution in [0.5, 0.6) is 0 Å². The summed E-state index contributed by atoms with van der Waals surface area (Å²) in [7, 11) is 2.49. The lowest BCUT2D eigenvalue weighted by molar-refractivity contribution is 0.0556. The quantitative estimate of drug-likeness (QED) is 0.656. The first-order valence-electron chi connectivity index (χ1n) is 5.53. The predicted octanol–water partition coefficient (Wildman–Crippen LogP) is 1.97. The largest absolute Gasteiger partial charge is 0.465 e. The number of hydrogen-bond donors (Lipinski definition) is 1. The fraction of sp³-hybridized carbons (Fsp3) is 0.385. The smallest absolute Gasteiger partial charge is 0.340 e. The number of nitrogens with two attached hydrogens (primary N) is 1. The molecule has 1 rings (SSSR count). The summed E-state index contributed by atoms with van der Waals surface area (Å²) in [5.41, 5.74) is 7.19. The number of esters is 2. The van der Waals surface area contributed by atoms with Gasteiger partial charge >= 0.3 is 11.9 Å². The Morgan fingerprint density at radius 1 is 1.11 bits per heavy atom. The van der Waals surface area contributed by atoms with Gasteiger partial charge in [0.1, 0.15) is 0 Å². The van der Waals surface area contributed by atoms with Gasteiger partial charge in [0.05, 0.1) is 31.0 Å². The van der Waals surface area contributed by atoms with Crippen molar-refractivity contribution < 1.29 is 19.1 Å². The second-order valence-electron chi connectivity index (χ2n) is 4.13. The zero-order valence-corrected chi connectivity index (χ0v) is 10.9. The van der Waals surface area contributed by atoms with Crippen LogP contribution >= 0.6 is 0 Å². The molecule has 2 N–H and O–H groups in total. The standard InChI is InChI=1S/C13H17NO4/c1-7(2)8-5-6-9(12(15)17-3)10(11(8)14)13(16)18-4/h5-7H,14H2,1-4H3. The number of carbonyl (C=O) groups excluding carboxylic acids is 2. The Morgan fingerprint density at radius 2 is 1.67 bits per heavy atom. The highest BCUT2D eigenvalue weighted by atomic mass is 16.5. The lowest BCUT2D eigenvalue weighted by Crippen LogP contribution is -2.16. The van der Waals surface area contributed by atoms with Crippen molar-refractivity contribution in [3.63, 3.8) is 0 Å². The van der Waals surface area contributed by atoms with Crippen molar-refractivity contribution in [1.29, 1.82) is 0 Å². The van der Waals surface area contributed by atoms with Gasteiger partial charge in [-0.3, -0.25) is 0 Å². The van der Waals surface area contributed by atoms with Crippen molar-refractivity contribution in [2.45, 2.75) is 19.8 Å². The van der Waals surface area contributed by atoms with Gasteiger partial charge in [-0.2, -0.15) is 0 Å². The molecule has 0 saturated heterocycles. The molecule has 1 aromatic rings. The third-order valence-electron chi connectivity index (χ3n) is 2.70. The average Bonchev–Trinajstić information content (AvgIpc) is 2.35. The first kappa shape index (κ1) is 14.0. The third-order valence-corrected chi connectivity index (χ3v) is 2.70. The molecule has 1 aromatic carbocycles. The molecule has 5 nitrogen and oxygen atoms in total. The van der Waals surface area contributed by atoms with Crippen LogP contribution in [0.1, 0.15) is 46.0 Å². The second kappa shape index (κ2) is 5.53. The van der Waals surface area contributed by atoms with Crippen LogP contribution in [0.25, 0.3) is 0 Å². The second-order valence-corrected chi connectivity index (χ2v) is 4.13. The molecule has 0 fully saturated rings. The van der Waals surface area contributed by atoms with Gasteiger partial charge in [-0.15, -0.1) is 0 Å². The minimum Gasteiger partial charge on any atom is -0.465 e. The minimum absolute atomic E-state index is 0.0653. The summed E-state index contributed by atoms with van der Waals surface area (Å²) >= 11 is 0. The van der Waals surface area contributed by atoms with E-state index in [1.165, 1.54) is 20.3 Å². The molecule has 0 unspecified atom stereocenters. The van der Waals surface area contributed by atoms with Gasteiger partial charge in [-0.25, -0.2) is 9.59 Å². The van der Waals surface area contributed by atoms with E-state index in [0.29, 0.717) is 0 Å². The molecular weight excluding hydrogens is 234 g/mol.